The first kappa shape index (κ1) is 19.7. The highest BCUT2D eigenvalue weighted by Crippen LogP contribution is 2.61. The fraction of sp³-hybridized carbons (Fsp3) is 0.423. The molecule has 3 fully saturated rings. The fourth-order valence-electron chi connectivity index (χ4n) is 6.99. The average molecular weight is 430 g/mol. The van der Waals surface area contributed by atoms with Gasteiger partial charge in [0.15, 0.2) is 0 Å². The highest BCUT2D eigenvalue weighted by atomic mass is 16.2. The lowest BCUT2D eigenvalue weighted by Gasteiger charge is -2.37. The molecule has 4 atom stereocenters. The molecule has 0 unspecified atom stereocenters. The number of benzene rings is 2. The van der Waals surface area contributed by atoms with E-state index in [0.717, 1.165) is 41.8 Å². The Hall–Kier alpha value is -2.99. The number of carbonyl (C=O) groups excluding carboxylic acids is 3. The second-order valence-electron chi connectivity index (χ2n) is 9.60. The molecule has 1 spiro atoms. The van der Waals surface area contributed by atoms with Crippen molar-refractivity contribution in [1.29, 1.82) is 0 Å². The monoisotopic (exact) mass is 429 g/mol. The van der Waals surface area contributed by atoms with Crippen molar-refractivity contribution in [2.24, 2.45) is 11.8 Å². The number of amides is 3. The highest BCUT2D eigenvalue weighted by molar-refractivity contribution is 6.26. The molecule has 0 bridgehead atoms. The van der Waals surface area contributed by atoms with Crippen LogP contribution in [0.15, 0.2) is 42.5 Å². The van der Waals surface area contributed by atoms with Crippen LogP contribution in [0.2, 0.25) is 0 Å². The summed E-state index contributed by atoms with van der Waals surface area (Å²) in [4.78, 5) is 47.4. The molecule has 3 amide bonds. The molecule has 4 aliphatic rings. The summed E-state index contributed by atoms with van der Waals surface area (Å²) in [7, 11) is 0. The SMILES string of the molecule is CCN1C(=O)[C@]2(c3ccccc31)[C@@H]1C(=O)N(c3cc(C)cc(C)c3)C(=O)[C@H]1[C@H]1CCCN12. The van der Waals surface area contributed by atoms with Gasteiger partial charge in [-0.05, 0) is 69.5 Å². The number of carbonyl (C=O) groups is 3. The number of para-hydroxylation sites is 1. The molecule has 4 heterocycles. The molecule has 4 aliphatic heterocycles. The van der Waals surface area contributed by atoms with Gasteiger partial charge in [0.25, 0.3) is 5.91 Å². The Morgan fingerprint density at radius 2 is 1.72 bits per heavy atom. The number of hydrogen-bond acceptors (Lipinski definition) is 4. The molecule has 2 aromatic carbocycles. The molecule has 0 radical (unpaired) electrons. The zero-order valence-electron chi connectivity index (χ0n) is 18.7. The van der Waals surface area contributed by atoms with Crippen molar-refractivity contribution < 1.29 is 14.4 Å². The van der Waals surface area contributed by atoms with E-state index in [-0.39, 0.29) is 23.8 Å². The maximum Gasteiger partial charge on any atom is 0.253 e. The summed E-state index contributed by atoms with van der Waals surface area (Å²) in [5.74, 6) is -1.62. The summed E-state index contributed by atoms with van der Waals surface area (Å²) in [5, 5.41) is 0. The Kier molecular flexibility index (Phi) is 4.01. The van der Waals surface area contributed by atoms with E-state index in [9.17, 15) is 14.4 Å². The first-order valence-corrected chi connectivity index (χ1v) is 11.6. The average Bonchev–Trinajstić information content (AvgIpc) is 3.45. The molecule has 6 nitrogen and oxygen atoms in total. The first-order valence-electron chi connectivity index (χ1n) is 11.6. The predicted octanol–water partition coefficient (Wildman–Crippen LogP) is 3.15. The minimum atomic E-state index is -1.08. The molecular weight excluding hydrogens is 402 g/mol. The van der Waals surface area contributed by atoms with E-state index in [4.69, 9.17) is 0 Å². The molecule has 6 rings (SSSR count). The van der Waals surface area contributed by atoms with Gasteiger partial charge >= 0.3 is 0 Å². The second kappa shape index (κ2) is 6.51. The van der Waals surface area contributed by atoms with Gasteiger partial charge in [-0.1, -0.05) is 24.3 Å². The van der Waals surface area contributed by atoms with Gasteiger partial charge in [0.2, 0.25) is 11.8 Å². The second-order valence-corrected chi connectivity index (χ2v) is 9.60. The first-order chi connectivity index (χ1) is 15.4. The maximum atomic E-state index is 14.1. The van der Waals surface area contributed by atoms with Crippen LogP contribution < -0.4 is 9.80 Å². The van der Waals surface area contributed by atoms with Gasteiger partial charge in [-0.15, -0.1) is 0 Å². The topological polar surface area (TPSA) is 60.9 Å². The fourth-order valence-corrected chi connectivity index (χ4v) is 6.99. The van der Waals surface area contributed by atoms with Crippen molar-refractivity contribution in [3.8, 4) is 0 Å². The van der Waals surface area contributed by atoms with Crippen molar-refractivity contribution in [3.05, 3.63) is 59.2 Å². The molecule has 0 saturated carbocycles. The summed E-state index contributed by atoms with van der Waals surface area (Å²) < 4.78 is 0. The molecular formula is C26H27N3O3. The van der Waals surface area contributed by atoms with Gasteiger partial charge in [-0.2, -0.15) is 0 Å². The Morgan fingerprint density at radius 3 is 2.44 bits per heavy atom. The number of fused-ring (bicyclic) bond motifs is 7. The van der Waals surface area contributed by atoms with Crippen LogP contribution in [0.25, 0.3) is 0 Å². The van der Waals surface area contributed by atoms with Crippen molar-refractivity contribution in [1.82, 2.24) is 4.90 Å². The van der Waals surface area contributed by atoms with Crippen LogP contribution >= 0.6 is 0 Å². The number of anilines is 2. The van der Waals surface area contributed by atoms with E-state index in [1.807, 2.05) is 63.2 Å². The van der Waals surface area contributed by atoms with Gasteiger partial charge in [0.05, 0.1) is 17.5 Å². The molecule has 6 heteroatoms. The summed E-state index contributed by atoms with van der Waals surface area (Å²) >= 11 is 0. The van der Waals surface area contributed by atoms with Gasteiger partial charge in [-0.3, -0.25) is 19.3 Å². The maximum absolute atomic E-state index is 14.1. The molecule has 164 valence electrons. The smallest absolute Gasteiger partial charge is 0.253 e. The highest BCUT2D eigenvalue weighted by Gasteiger charge is 2.75. The third-order valence-electron chi connectivity index (χ3n) is 7.93. The van der Waals surface area contributed by atoms with Crippen LogP contribution in [0, 0.1) is 25.7 Å². The molecule has 0 aliphatic carbocycles. The lowest BCUT2D eigenvalue weighted by Crippen LogP contribution is -2.56. The Labute approximate surface area is 187 Å². The summed E-state index contributed by atoms with van der Waals surface area (Å²) in [6, 6.07) is 13.6. The van der Waals surface area contributed by atoms with E-state index < -0.39 is 17.4 Å². The summed E-state index contributed by atoms with van der Waals surface area (Å²) in [6.07, 6.45) is 1.77. The van der Waals surface area contributed by atoms with Gasteiger partial charge in [0.1, 0.15) is 5.54 Å². The number of likely N-dealkylation sites (N-methyl/N-ethyl adjacent to an activating group) is 1. The minimum Gasteiger partial charge on any atom is -0.310 e. The Morgan fingerprint density at radius 1 is 1.00 bits per heavy atom. The van der Waals surface area contributed by atoms with E-state index in [1.54, 1.807) is 4.90 Å². The van der Waals surface area contributed by atoms with Crippen LogP contribution in [-0.2, 0) is 19.9 Å². The zero-order chi connectivity index (χ0) is 22.4. The molecule has 32 heavy (non-hydrogen) atoms. The van der Waals surface area contributed by atoms with Crippen molar-refractivity contribution in [2.45, 2.75) is 45.2 Å². The lowest BCUT2D eigenvalue weighted by atomic mass is 9.75. The largest absolute Gasteiger partial charge is 0.310 e. The van der Waals surface area contributed by atoms with Crippen molar-refractivity contribution in [3.63, 3.8) is 0 Å². The van der Waals surface area contributed by atoms with Crippen LogP contribution in [0.1, 0.15) is 36.5 Å². The lowest BCUT2D eigenvalue weighted by molar-refractivity contribution is -0.137. The summed E-state index contributed by atoms with van der Waals surface area (Å²) in [5.41, 5.74) is 3.31. The van der Waals surface area contributed by atoms with Gasteiger partial charge < -0.3 is 4.90 Å². The third-order valence-corrected chi connectivity index (χ3v) is 7.93. The van der Waals surface area contributed by atoms with E-state index >= 15 is 0 Å². The zero-order valence-corrected chi connectivity index (χ0v) is 18.7. The number of rotatable bonds is 2. The van der Waals surface area contributed by atoms with Crippen LogP contribution in [0.4, 0.5) is 11.4 Å². The predicted molar refractivity (Wildman–Crippen MR) is 121 cm³/mol. The van der Waals surface area contributed by atoms with Gasteiger partial charge in [-0.25, -0.2) is 4.90 Å². The van der Waals surface area contributed by atoms with E-state index in [1.165, 1.54) is 4.90 Å². The van der Waals surface area contributed by atoms with Crippen LogP contribution in [0.5, 0.6) is 0 Å². The number of imide groups is 1. The Balaban J connectivity index is 1.57. The molecule has 0 aromatic heterocycles. The quantitative estimate of drug-likeness (QED) is 0.688. The molecule has 0 N–H and O–H groups in total. The normalized spacial score (nSPS) is 31.1. The number of nitrogens with zero attached hydrogens (tertiary/aromatic N) is 3. The van der Waals surface area contributed by atoms with E-state index in [0.29, 0.717) is 12.2 Å². The number of aryl methyl sites for hydroxylation is 2. The minimum absolute atomic E-state index is 0.0518. The Bertz CT molecular complexity index is 1170. The van der Waals surface area contributed by atoms with Crippen LogP contribution in [-0.4, -0.2) is 41.8 Å². The van der Waals surface area contributed by atoms with Crippen molar-refractivity contribution in [2.75, 3.05) is 22.9 Å². The third kappa shape index (κ3) is 2.16. The van der Waals surface area contributed by atoms with Gasteiger partial charge in [0, 0.05) is 23.8 Å². The molecule has 2 aromatic rings. The molecule has 3 saturated heterocycles. The van der Waals surface area contributed by atoms with Crippen LogP contribution in [0.3, 0.4) is 0 Å². The summed E-state index contributed by atoms with van der Waals surface area (Å²) in [6.45, 7) is 7.18. The van der Waals surface area contributed by atoms with Crippen molar-refractivity contribution >= 4 is 29.1 Å². The standard InChI is InChI=1S/C26H27N3O3/c1-4-27-19-9-6-5-8-18(19)26(25(27)32)22-21(20-10-7-11-28(20)26)23(30)29(24(22)31)17-13-15(2)12-16(3)14-17/h5-6,8-9,12-14,20-22H,4,7,10-11H2,1-3H3/t20-,21+,22+,26+/m1/s1. The number of hydrogen-bond donors (Lipinski definition) is 0. The van der Waals surface area contributed by atoms with E-state index in [2.05, 4.69) is 4.90 Å².